The highest BCUT2D eigenvalue weighted by atomic mass is 35.5. The number of nitrogens with one attached hydrogen (secondary N) is 1. The summed E-state index contributed by atoms with van der Waals surface area (Å²) in [5, 5.41) is 3.59. The molecule has 0 bridgehead atoms. The summed E-state index contributed by atoms with van der Waals surface area (Å²) >= 11 is 12.6. The lowest BCUT2D eigenvalue weighted by Crippen LogP contribution is -2.48. The second-order valence-corrected chi connectivity index (χ2v) is 10.7. The van der Waals surface area contributed by atoms with E-state index in [-0.39, 0.29) is 23.7 Å². The van der Waals surface area contributed by atoms with Crippen molar-refractivity contribution in [2.75, 3.05) is 39.3 Å². The average Bonchev–Trinajstić information content (AvgIpc) is 3.02. The first-order valence-corrected chi connectivity index (χ1v) is 12.4. The Kier molecular flexibility index (Phi) is 7.17. The lowest BCUT2D eigenvalue weighted by molar-refractivity contribution is -0.124. The number of halogens is 2. The van der Waals surface area contributed by atoms with Crippen LogP contribution in [0.1, 0.15) is 39.7 Å². The maximum Gasteiger partial charge on any atom is 0.410 e. The van der Waals surface area contributed by atoms with E-state index in [9.17, 15) is 14.4 Å². The quantitative estimate of drug-likeness (QED) is 0.680. The van der Waals surface area contributed by atoms with Crippen LogP contribution < -0.4 is 11.0 Å². The summed E-state index contributed by atoms with van der Waals surface area (Å²) in [5.41, 5.74) is 0.760. The first-order valence-electron chi connectivity index (χ1n) is 11.6. The molecule has 11 heteroatoms. The van der Waals surface area contributed by atoms with Crippen molar-refractivity contribution in [1.82, 2.24) is 24.3 Å². The molecule has 2 aromatic rings. The molecule has 0 spiro atoms. The Morgan fingerprint density at radius 2 is 1.71 bits per heavy atom. The Morgan fingerprint density at radius 3 is 2.32 bits per heavy atom. The van der Waals surface area contributed by atoms with Crippen LogP contribution in [0.3, 0.4) is 0 Å². The van der Waals surface area contributed by atoms with Crippen LogP contribution >= 0.6 is 23.2 Å². The molecule has 0 atom stereocenters. The van der Waals surface area contributed by atoms with E-state index in [0.717, 1.165) is 17.6 Å². The highest BCUT2D eigenvalue weighted by Gasteiger charge is 2.30. The van der Waals surface area contributed by atoms with Crippen LogP contribution in [0.4, 0.5) is 4.79 Å². The van der Waals surface area contributed by atoms with Gasteiger partial charge in [0.1, 0.15) is 5.60 Å². The number of fused-ring (bicyclic) bond motifs is 1. The van der Waals surface area contributed by atoms with Crippen LogP contribution in [-0.4, -0.2) is 75.8 Å². The zero-order chi connectivity index (χ0) is 24.6. The van der Waals surface area contributed by atoms with Crippen molar-refractivity contribution in [2.45, 2.75) is 51.8 Å². The summed E-state index contributed by atoms with van der Waals surface area (Å²) in [4.78, 5) is 41.5. The molecule has 2 aliphatic heterocycles. The van der Waals surface area contributed by atoms with Crippen LogP contribution in [-0.2, 0) is 16.1 Å². The Hall–Kier alpha value is -2.23. The summed E-state index contributed by atoms with van der Waals surface area (Å²) in [7, 11) is 0. The van der Waals surface area contributed by atoms with E-state index in [2.05, 4.69) is 5.32 Å². The first kappa shape index (κ1) is 24.9. The van der Waals surface area contributed by atoms with E-state index >= 15 is 0 Å². The second-order valence-electron chi connectivity index (χ2n) is 9.88. The van der Waals surface area contributed by atoms with Gasteiger partial charge in [-0.2, -0.15) is 0 Å². The van der Waals surface area contributed by atoms with E-state index in [1.165, 1.54) is 0 Å². The van der Waals surface area contributed by atoms with Gasteiger partial charge in [-0.15, -0.1) is 0 Å². The third-order valence-electron chi connectivity index (χ3n) is 6.24. The number of hydrogen-bond donors (Lipinski definition) is 1. The number of imidazole rings is 1. The number of likely N-dealkylation sites (tertiary alicyclic amines) is 1. The first-order chi connectivity index (χ1) is 16.0. The third kappa shape index (κ3) is 5.37. The predicted octanol–water partition coefficient (Wildman–Crippen LogP) is 3.11. The van der Waals surface area contributed by atoms with Gasteiger partial charge < -0.3 is 15.0 Å². The second kappa shape index (κ2) is 9.79. The summed E-state index contributed by atoms with van der Waals surface area (Å²) in [6.45, 7) is 9.22. The molecule has 4 rings (SSSR count). The molecule has 1 aromatic carbocycles. The molecule has 0 unspecified atom stereocenters. The van der Waals surface area contributed by atoms with Gasteiger partial charge >= 0.3 is 11.8 Å². The predicted molar refractivity (Wildman–Crippen MR) is 132 cm³/mol. The number of aromatic nitrogens is 2. The molecule has 34 heavy (non-hydrogen) atoms. The smallest absolute Gasteiger partial charge is 0.410 e. The maximum atomic E-state index is 13.6. The summed E-state index contributed by atoms with van der Waals surface area (Å²) in [6, 6.07) is 3.40. The fraction of sp³-hybridized carbons (Fsp3) is 0.609. The number of carbonyl (C=O) groups excluding carboxylic acids is 2. The summed E-state index contributed by atoms with van der Waals surface area (Å²) in [6.07, 6.45) is 0.927. The minimum Gasteiger partial charge on any atom is -0.444 e. The van der Waals surface area contributed by atoms with E-state index in [1.54, 1.807) is 26.2 Å². The Bertz CT molecular complexity index is 1140. The van der Waals surface area contributed by atoms with Crippen molar-refractivity contribution in [3.63, 3.8) is 0 Å². The number of piperidine rings is 1. The molecule has 1 N–H and O–H groups in total. The van der Waals surface area contributed by atoms with Gasteiger partial charge in [-0.3, -0.25) is 18.8 Å². The highest BCUT2D eigenvalue weighted by Crippen LogP contribution is 2.31. The van der Waals surface area contributed by atoms with Gasteiger partial charge in [0, 0.05) is 45.3 Å². The summed E-state index contributed by atoms with van der Waals surface area (Å²) in [5.74, 6) is -0.00685. The van der Waals surface area contributed by atoms with Gasteiger partial charge in [-0.05, 0) is 45.7 Å². The molecular formula is C23H31Cl2N5O4. The third-order valence-corrected chi connectivity index (χ3v) is 6.97. The van der Waals surface area contributed by atoms with Gasteiger partial charge in [0.05, 0.1) is 27.6 Å². The maximum absolute atomic E-state index is 13.6. The lowest BCUT2D eigenvalue weighted by atomic mass is 10.0. The molecule has 0 saturated carbocycles. The monoisotopic (exact) mass is 511 g/mol. The van der Waals surface area contributed by atoms with Gasteiger partial charge in [0.15, 0.2) is 0 Å². The number of ether oxygens (including phenoxy) is 1. The Balaban J connectivity index is 1.57. The molecule has 2 amide bonds. The van der Waals surface area contributed by atoms with Gasteiger partial charge in [0.25, 0.3) is 0 Å². The van der Waals surface area contributed by atoms with Crippen molar-refractivity contribution in [1.29, 1.82) is 0 Å². The van der Waals surface area contributed by atoms with E-state index in [1.807, 2.05) is 25.7 Å². The topological polar surface area (TPSA) is 88.8 Å². The molecular weight excluding hydrogens is 481 g/mol. The Morgan fingerprint density at radius 1 is 1.06 bits per heavy atom. The molecule has 0 aliphatic carbocycles. The van der Waals surface area contributed by atoms with Crippen LogP contribution in [0, 0.1) is 0 Å². The molecule has 1 aromatic heterocycles. The van der Waals surface area contributed by atoms with Gasteiger partial charge in [0.2, 0.25) is 5.91 Å². The van der Waals surface area contributed by atoms with E-state index in [4.69, 9.17) is 27.9 Å². The molecule has 2 aliphatic rings. The summed E-state index contributed by atoms with van der Waals surface area (Å²) < 4.78 is 8.99. The van der Waals surface area contributed by atoms with Gasteiger partial charge in [-0.1, -0.05) is 23.2 Å². The van der Waals surface area contributed by atoms with E-state index < -0.39 is 5.60 Å². The molecule has 0 radical (unpaired) electrons. The average molecular weight is 512 g/mol. The van der Waals surface area contributed by atoms with Crippen LogP contribution in [0.5, 0.6) is 0 Å². The zero-order valence-electron chi connectivity index (χ0n) is 19.8. The standard InChI is InChI=1S/C23H31Cl2N5O4/c1-23(2,3)34-22(33)28-7-4-15(5-8-28)30-19-13-17(25)16(24)12-18(19)29(21(30)32)11-10-27-9-6-26-20(31)14-27/h12-13,15H,4-11,14H2,1-3H3,(H,26,31). The van der Waals surface area contributed by atoms with Gasteiger partial charge in [-0.25, -0.2) is 9.59 Å². The number of amides is 2. The van der Waals surface area contributed by atoms with Crippen LogP contribution in [0.2, 0.25) is 10.0 Å². The number of benzene rings is 1. The molecule has 2 saturated heterocycles. The van der Waals surface area contributed by atoms with Crippen LogP contribution in [0.15, 0.2) is 16.9 Å². The molecule has 9 nitrogen and oxygen atoms in total. The van der Waals surface area contributed by atoms with E-state index in [0.29, 0.717) is 62.2 Å². The number of carbonyl (C=O) groups is 2. The van der Waals surface area contributed by atoms with Crippen molar-refractivity contribution >= 4 is 46.2 Å². The van der Waals surface area contributed by atoms with Crippen LogP contribution in [0.25, 0.3) is 11.0 Å². The number of nitrogens with zero attached hydrogens (tertiary/aromatic N) is 4. The fourth-order valence-corrected chi connectivity index (χ4v) is 4.91. The molecule has 3 heterocycles. The van der Waals surface area contributed by atoms with Crippen molar-refractivity contribution in [3.05, 3.63) is 32.7 Å². The number of piperazine rings is 1. The molecule has 186 valence electrons. The molecule has 2 fully saturated rings. The fourth-order valence-electron chi connectivity index (χ4n) is 4.60. The zero-order valence-corrected chi connectivity index (χ0v) is 21.3. The number of rotatable bonds is 4. The minimum absolute atomic E-state index is 0.00685. The van der Waals surface area contributed by atoms with Crippen molar-refractivity contribution in [2.24, 2.45) is 0 Å². The lowest BCUT2D eigenvalue weighted by Gasteiger charge is -2.33. The van der Waals surface area contributed by atoms with Crippen molar-refractivity contribution < 1.29 is 14.3 Å². The Labute approximate surface area is 208 Å². The minimum atomic E-state index is -0.552. The van der Waals surface area contributed by atoms with Crippen molar-refractivity contribution in [3.8, 4) is 0 Å². The number of hydrogen-bond acceptors (Lipinski definition) is 5. The highest BCUT2D eigenvalue weighted by molar-refractivity contribution is 6.42. The SMILES string of the molecule is CC(C)(C)OC(=O)N1CCC(n2c(=O)n(CCN3CCNC(=O)C3)c3cc(Cl)c(Cl)cc32)CC1. The normalized spacial score (nSPS) is 18.4. The largest absolute Gasteiger partial charge is 0.444 e.